The molecule has 1 aliphatic heterocycles. The standard InChI is InChI=1S/C60H64N4O21Si/c1-36-14-18-45-52(24-36)86(8,9)53-27-43(62(6)7)17-20-46(53)58(45)44-19-15-41(25-47(44)60(74)75)59(73)61-42-16-21-49(64(30-56(71)84-34-80-39(4)67)31-57(72)85-35-81-40(5)68)51(26-42)77-23-22-76-50-13-11-10-12-48(50)63(28-54(69)82-32-78-37(2)65)29-55(70)83-33-79-38(3)66/h10-21,24-27H,1,22-23,28-35H2,2-9H3,(H,61,73)(H,74,75). The summed E-state index contributed by atoms with van der Waals surface area (Å²) in [6.45, 7) is 6.84. The summed E-state index contributed by atoms with van der Waals surface area (Å²) in [6.07, 6.45) is 0. The lowest BCUT2D eigenvalue weighted by Crippen LogP contribution is -2.63. The zero-order valence-corrected chi connectivity index (χ0v) is 49.5. The number of carboxylic acid groups (broad SMARTS) is 1. The summed E-state index contributed by atoms with van der Waals surface area (Å²) in [6, 6.07) is 26.7. The highest BCUT2D eigenvalue weighted by Crippen LogP contribution is 2.34. The van der Waals surface area contributed by atoms with Crippen LogP contribution in [-0.2, 0) is 76.3 Å². The Labute approximate surface area is 494 Å². The molecule has 2 N–H and O–H groups in total. The van der Waals surface area contributed by atoms with Gasteiger partial charge in [0.2, 0.25) is 27.2 Å². The Bertz CT molecular complexity index is 3480. The second-order valence-electron chi connectivity index (χ2n) is 19.7. The number of nitrogens with zero attached hydrogens (tertiary/aromatic N) is 3. The number of hydrogen-bond acceptors (Lipinski definition) is 23. The molecule has 0 fully saturated rings. The molecule has 0 saturated carbocycles. The SMILES string of the molecule is C=c1ccc2c(c1)[Si](C)(C)c1cc(N(C)C)ccc1C=2c1ccc(C(=O)Nc2ccc(N(CC(=O)OCOC(C)=O)CC(=O)OCOC(C)=O)c(OCCOc3ccccc3N(CC(=O)OCOC(C)=O)CC(=O)OCOC(C)=O)c2)cc1C(=O)O. The largest absolute Gasteiger partial charge is 0.488 e. The maximum absolute atomic E-state index is 14.3. The van der Waals surface area contributed by atoms with Gasteiger partial charge in [0.25, 0.3) is 5.91 Å². The molecule has 0 unspecified atom stereocenters. The monoisotopic (exact) mass is 1200 g/mol. The molecule has 25 nitrogen and oxygen atoms in total. The van der Waals surface area contributed by atoms with E-state index in [2.05, 4.69) is 37.1 Å². The number of rotatable bonds is 28. The highest BCUT2D eigenvalue weighted by molar-refractivity contribution is 7.01. The van der Waals surface area contributed by atoms with Gasteiger partial charge in [0.15, 0.2) is 0 Å². The Hall–Kier alpha value is -10.2. The lowest BCUT2D eigenvalue weighted by Gasteiger charge is -2.34. The Morgan fingerprint density at radius 3 is 1.51 bits per heavy atom. The van der Waals surface area contributed by atoms with Crippen LogP contribution >= 0.6 is 0 Å². The third-order valence-electron chi connectivity index (χ3n) is 12.8. The molecule has 1 amide bonds. The van der Waals surface area contributed by atoms with Crippen LogP contribution in [0, 0.1) is 0 Å². The number of nitrogens with one attached hydrogen (secondary N) is 1. The Balaban J connectivity index is 1.35. The number of fused-ring (bicyclic) bond motifs is 2. The van der Waals surface area contributed by atoms with Crippen LogP contribution in [0.4, 0.5) is 22.7 Å². The van der Waals surface area contributed by atoms with E-state index in [9.17, 15) is 53.1 Å². The second-order valence-corrected chi connectivity index (χ2v) is 24.0. The van der Waals surface area contributed by atoms with E-state index in [4.69, 9.17) is 47.4 Å². The maximum Gasteiger partial charge on any atom is 0.336 e. The van der Waals surface area contributed by atoms with Crippen LogP contribution in [0.2, 0.25) is 13.1 Å². The van der Waals surface area contributed by atoms with Gasteiger partial charge in [-0.3, -0.25) is 43.2 Å². The van der Waals surface area contributed by atoms with Gasteiger partial charge in [-0.15, -0.1) is 0 Å². The molecule has 0 aliphatic carbocycles. The normalized spacial score (nSPS) is 11.7. The third-order valence-corrected chi connectivity index (χ3v) is 16.4. The first-order chi connectivity index (χ1) is 40.8. The van der Waals surface area contributed by atoms with Gasteiger partial charge in [0.1, 0.15) is 59.0 Å². The molecule has 6 rings (SSSR count). The van der Waals surface area contributed by atoms with Crippen LogP contribution in [0.5, 0.6) is 11.5 Å². The molecule has 5 aromatic carbocycles. The van der Waals surface area contributed by atoms with Crippen molar-refractivity contribution >= 4 is 113 Å². The van der Waals surface area contributed by atoms with Crippen molar-refractivity contribution < 1.29 is 100 Å². The van der Waals surface area contributed by atoms with Gasteiger partial charge in [0.05, 0.1) is 16.9 Å². The summed E-state index contributed by atoms with van der Waals surface area (Å²) in [7, 11) is 1.51. The number of ether oxygens (including phenoxy) is 10. The summed E-state index contributed by atoms with van der Waals surface area (Å²) < 4.78 is 51.4. The van der Waals surface area contributed by atoms with Crippen LogP contribution in [0.3, 0.4) is 0 Å². The Morgan fingerprint density at radius 2 is 1.01 bits per heavy atom. The highest BCUT2D eigenvalue weighted by Gasteiger charge is 2.36. The van der Waals surface area contributed by atoms with E-state index in [0.717, 1.165) is 64.7 Å². The highest BCUT2D eigenvalue weighted by atomic mass is 28.3. The van der Waals surface area contributed by atoms with Crippen molar-refractivity contribution in [3.63, 3.8) is 0 Å². The van der Waals surface area contributed by atoms with Gasteiger partial charge in [-0.2, -0.15) is 0 Å². The minimum Gasteiger partial charge on any atom is -0.488 e. The number of anilines is 4. The molecular formula is C60H64N4O21Si. The Morgan fingerprint density at radius 1 is 0.523 bits per heavy atom. The molecule has 26 heteroatoms. The first kappa shape index (κ1) is 64.9. The number of carboxylic acids is 1. The molecule has 0 saturated heterocycles. The summed E-state index contributed by atoms with van der Waals surface area (Å²) in [4.78, 5) is 130. The molecule has 0 spiro atoms. The molecule has 1 aliphatic rings. The van der Waals surface area contributed by atoms with E-state index in [1.54, 1.807) is 18.2 Å². The second kappa shape index (κ2) is 29.8. The van der Waals surface area contributed by atoms with Crippen LogP contribution in [0.1, 0.15) is 59.5 Å². The van der Waals surface area contributed by atoms with Crippen molar-refractivity contribution in [2.75, 3.05) is 101 Å². The van der Waals surface area contributed by atoms with E-state index in [-0.39, 0.29) is 52.9 Å². The lowest BCUT2D eigenvalue weighted by atomic mass is 9.90. The predicted octanol–water partition coefficient (Wildman–Crippen LogP) is 2.82. The van der Waals surface area contributed by atoms with Gasteiger partial charge < -0.3 is 72.5 Å². The van der Waals surface area contributed by atoms with Gasteiger partial charge in [-0.05, 0) is 86.0 Å². The fourth-order valence-electron chi connectivity index (χ4n) is 8.82. The fraction of sp³-hybridized carbons (Fsp3) is 0.300. The van der Waals surface area contributed by atoms with Gasteiger partial charge in [0, 0.05) is 64.8 Å². The zero-order valence-electron chi connectivity index (χ0n) is 48.5. The van der Waals surface area contributed by atoms with E-state index in [1.165, 1.54) is 47.4 Å². The summed E-state index contributed by atoms with van der Waals surface area (Å²) in [5.41, 5.74) is 2.96. The quantitative estimate of drug-likeness (QED) is 0.0239. The van der Waals surface area contributed by atoms with Gasteiger partial charge >= 0.3 is 53.7 Å². The number of para-hydroxylation sites is 2. The number of esters is 8. The number of benzene rings is 5. The minimum atomic E-state index is -2.39. The number of carbonyl (C=O) groups excluding carboxylic acids is 9. The number of aromatic carboxylic acids is 1. The summed E-state index contributed by atoms with van der Waals surface area (Å²) in [5.74, 6) is -8.85. The number of hydrogen-bond donors (Lipinski definition) is 2. The van der Waals surface area contributed by atoms with Crippen molar-refractivity contribution in [3.8, 4) is 11.5 Å². The molecule has 1 heterocycles. The Kier molecular flexibility index (Phi) is 22.5. The van der Waals surface area contributed by atoms with E-state index in [1.807, 2.05) is 43.3 Å². The number of amides is 1. The van der Waals surface area contributed by atoms with Crippen LogP contribution < -0.4 is 50.3 Å². The van der Waals surface area contributed by atoms with E-state index < -0.39 is 121 Å². The molecule has 5 aromatic rings. The van der Waals surface area contributed by atoms with Crippen molar-refractivity contribution in [2.45, 2.75) is 40.8 Å². The smallest absolute Gasteiger partial charge is 0.336 e. The van der Waals surface area contributed by atoms with Gasteiger partial charge in [-0.1, -0.05) is 62.1 Å². The maximum atomic E-state index is 14.3. The molecule has 0 atom stereocenters. The van der Waals surface area contributed by atoms with Crippen LogP contribution in [0.25, 0.3) is 12.2 Å². The fourth-order valence-corrected chi connectivity index (χ4v) is 11.9. The molecule has 0 aromatic heterocycles. The van der Waals surface area contributed by atoms with Crippen molar-refractivity contribution in [1.29, 1.82) is 0 Å². The predicted molar refractivity (Wildman–Crippen MR) is 311 cm³/mol. The average molecular weight is 1210 g/mol. The molecule has 454 valence electrons. The minimum absolute atomic E-state index is 0.0143. The van der Waals surface area contributed by atoms with Crippen molar-refractivity contribution in [1.82, 2.24) is 0 Å². The molecule has 86 heavy (non-hydrogen) atoms. The van der Waals surface area contributed by atoms with Crippen molar-refractivity contribution in [3.05, 3.63) is 130 Å². The van der Waals surface area contributed by atoms with Crippen molar-refractivity contribution in [2.24, 2.45) is 0 Å². The van der Waals surface area contributed by atoms with Gasteiger partial charge in [-0.25, -0.2) is 4.79 Å². The first-order valence-corrected chi connectivity index (χ1v) is 29.3. The zero-order chi connectivity index (χ0) is 62.8. The molecular weight excluding hydrogens is 1140 g/mol. The molecule has 0 bridgehead atoms. The first-order valence-electron chi connectivity index (χ1n) is 26.3. The topological polar surface area (TPSA) is 305 Å². The molecule has 0 radical (unpaired) electrons. The van der Waals surface area contributed by atoms with E-state index in [0.29, 0.717) is 11.1 Å². The lowest BCUT2D eigenvalue weighted by molar-refractivity contribution is -0.167. The summed E-state index contributed by atoms with van der Waals surface area (Å²) in [5, 5.41) is 17.5. The number of carbonyl (C=O) groups is 10. The van der Waals surface area contributed by atoms with E-state index >= 15 is 0 Å². The third kappa shape index (κ3) is 17.9. The van der Waals surface area contributed by atoms with Crippen LogP contribution in [-0.4, -0.2) is 153 Å². The average Bonchev–Trinajstić information content (AvgIpc) is 0.961. The summed E-state index contributed by atoms with van der Waals surface area (Å²) >= 11 is 0. The van der Waals surface area contributed by atoms with Crippen LogP contribution in [0.15, 0.2) is 97.1 Å².